The van der Waals surface area contributed by atoms with Crippen molar-refractivity contribution in [3.63, 3.8) is 0 Å². The van der Waals surface area contributed by atoms with Gasteiger partial charge in [-0.1, -0.05) is 69.3 Å². The number of H-pyrrole nitrogens is 2. The van der Waals surface area contributed by atoms with Crippen LogP contribution in [0.4, 0.5) is 9.59 Å². The zero-order valence-corrected chi connectivity index (χ0v) is 35.7. The van der Waals surface area contributed by atoms with Crippen molar-refractivity contribution in [2.24, 2.45) is 11.3 Å². The molecule has 4 amide bonds. The van der Waals surface area contributed by atoms with Crippen molar-refractivity contribution in [1.82, 2.24) is 40.4 Å². The number of aromatic amines is 2. The number of nitrogens with one attached hydrogen (secondary N) is 4. The Labute approximate surface area is 350 Å². The SMILES string of the molecule is CC[C@H](NC(=O)OC)C(=O)N1CC2(CC2)C[C@H]1c1ncc(-c2ccc3cc(-c4ccc(-c5cnc([C@H](C)N(C(=O)[C@@H](NC(=O)OC)C(C)C)C(C)C)[nH]5)cc4)ccc3c2)[nH]1. The van der Waals surface area contributed by atoms with Gasteiger partial charge in [0.05, 0.1) is 50.1 Å². The number of hydrogen-bond donors (Lipinski definition) is 4. The second kappa shape index (κ2) is 17.2. The molecule has 5 aromatic rings. The molecule has 1 saturated heterocycles. The van der Waals surface area contributed by atoms with Gasteiger partial charge in [-0.3, -0.25) is 9.59 Å². The summed E-state index contributed by atoms with van der Waals surface area (Å²) in [5, 5.41) is 7.59. The van der Waals surface area contributed by atoms with E-state index >= 15 is 0 Å². The summed E-state index contributed by atoms with van der Waals surface area (Å²) >= 11 is 0. The summed E-state index contributed by atoms with van der Waals surface area (Å²) < 4.78 is 9.55. The van der Waals surface area contributed by atoms with Gasteiger partial charge in [-0.2, -0.15) is 0 Å². The molecule has 0 unspecified atom stereocenters. The number of rotatable bonds is 13. The summed E-state index contributed by atoms with van der Waals surface area (Å²) in [7, 11) is 2.58. The minimum absolute atomic E-state index is 0.109. The number of carbonyl (C=O) groups excluding carboxylic acids is 4. The Bertz CT molecular complexity index is 2360. The molecule has 2 aliphatic rings. The first-order valence-corrected chi connectivity index (χ1v) is 20.8. The Morgan fingerprint density at radius 2 is 1.38 bits per heavy atom. The normalized spacial score (nSPS) is 17.1. The predicted octanol–water partition coefficient (Wildman–Crippen LogP) is 8.15. The Morgan fingerprint density at radius 1 is 0.800 bits per heavy atom. The van der Waals surface area contributed by atoms with Gasteiger partial charge < -0.3 is 39.9 Å². The molecule has 14 nitrogen and oxygen atoms in total. The fraction of sp³-hybridized carbons (Fsp3) is 0.435. The molecule has 4 N–H and O–H groups in total. The first-order valence-electron chi connectivity index (χ1n) is 20.8. The minimum atomic E-state index is -0.742. The van der Waals surface area contributed by atoms with E-state index in [2.05, 4.69) is 86.2 Å². The van der Waals surface area contributed by atoms with Crippen LogP contribution in [0.2, 0.25) is 0 Å². The second-order valence-electron chi connectivity index (χ2n) is 16.9. The number of likely N-dealkylation sites (tertiary alicyclic amines) is 1. The fourth-order valence-corrected chi connectivity index (χ4v) is 8.48. The molecular formula is C46H56N8O6. The van der Waals surface area contributed by atoms with Gasteiger partial charge in [0.15, 0.2) is 0 Å². The van der Waals surface area contributed by atoms with Crippen LogP contribution in [0, 0.1) is 11.3 Å². The average molecular weight is 817 g/mol. The third kappa shape index (κ3) is 8.59. The molecule has 3 heterocycles. The van der Waals surface area contributed by atoms with Crippen molar-refractivity contribution in [3.8, 4) is 33.6 Å². The molecule has 1 saturated carbocycles. The number of amides is 4. The van der Waals surface area contributed by atoms with Crippen molar-refractivity contribution < 1.29 is 28.7 Å². The zero-order valence-electron chi connectivity index (χ0n) is 35.7. The molecule has 60 heavy (non-hydrogen) atoms. The van der Waals surface area contributed by atoms with E-state index in [1.807, 2.05) is 52.6 Å². The van der Waals surface area contributed by atoms with E-state index in [-0.39, 0.29) is 41.3 Å². The van der Waals surface area contributed by atoms with Crippen molar-refractivity contribution in [2.75, 3.05) is 20.8 Å². The number of methoxy groups -OCH3 is 2. The minimum Gasteiger partial charge on any atom is -0.453 e. The Hall–Kier alpha value is -6.18. The third-order valence-electron chi connectivity index (χ3n) is 12.1. The van der Waals surface area contributed by atoms with Gasteiger partial charge in [0.2, 0.25) is 11.8 Å². The summed E-state index contributed by atoms with van der Waals surface area (Å²) in [5.41, 5.74) is 5.96. The highest BCUT2D eigenvalue weighted by molar-refractivity contribution is 5.91. The predicted molar refractivity (Wildman–Crippen MR) is 229 cm³/mol. The molecule has 2 fully saturated rings. The lowest BCUT2D eigenvalue weighted by Crippen LogP contribution is -2.53. The second-order valence-corrected chi connectivity index (χ2v) is 16.9. The van der Waals surface area contributed by atoms with Gasteiger partial charge in [-0.15, -0.1) is 0 Å². The first kappa shape index (κ1) is 42.0. The smallest absolute Gasteiger partial charge is 0.407 e. The summed E-state index contributed by atoms with van der Waals surface area (Å²) in [6, 6.07) is 19.0. The summed E-state index contributed by atoms with van der Waals surface area (Å²) in [5.74, 6) is 0.951. The maximum absolute atomic E-state index is 13.7. The Morgan fingerprint density at radius 3 is 2.00 bits per heavy atom. The highest BCUT2D eigenvalue weighted by Crippen LogP contribution is 2.58. The Balaban J connectivity index is 1.04. The van der Waals surface area contributed by atoms with Crippen LogP contribution >= 0.6 is 0 Å². The van der Waals surface area contributed by atoms with Gasteiger partial charge >= 0.3 is 12.2 Å². The van der Waals surface area contributed by atoms with Gasteiger partial charge in [-0.25, -0.2) is 19.6 Å². The van der Waals surface area contributed by atoms with Crippen LogP contribution in [0.1, 0.15) is 91.0 Å². The highest BCUT2D eigenvalue weighted by Gasteiger charge is 2.55. The third-order valence-corrected chi connectivity index (χ3v) is 12.1. The van der Waals surface area contributed by atoms with Gasteiger partial charge in [0.25, 0.3) is 0 Å². The van der Waals surface area contributed by atoms with Crippen LogP contribution in [0.25, 0.3) is 44.4 Å². The zero-order chi connectivity index (χ0) is 42.9. The molecule has 3 aromatic carbocycles. The molecule has 14 heteroatoms. The van der Waals surface area contributed by atoms with E-state index in [1.54, 1.807) is 11.1 Å². The number of hydrogen-bond acceptors (Lipinski definition) is 8. The fourth-order valence-electron chi connectivity index (χ4n) is 8.48. The number of carbonyl (C=O) groups is 4. The topological polar surface area (TPSA) is 175 Å². The Kier molecular flexibility index (Phi) is 12.0. The first-order chi connectivity index (χ1) is 28.7. The number of alkyl carbamates (subject to hydrolysis) is 2. The molecule has 7 rings (SSSR count). The van der Waals surface area contributed by atoms with Crippen LogP contribution in [0.5, 0.6) is 0 Å². The quantitative estimate of drug-likeness (QED) is 0.0921. The average Bonchev–Trinajstić information content (AvgIpc) is 3.58. The summed E-state index contributed by atoms with van der Waals surface area (Å²) in [6.45, 7) is 12.2. The van der Waals surface area contributed by atoms with Crippen molar-refractivity contribution in [1.29, 1.82) is 0 Å². The van der Waals surface area contributed by atoms with E-state index in [0.717, 1.165) is 69.5 Å². The van der Waals surface area contributed by atoms with Crippen molar-refractivity contribution in [2.45, 2.75) is 97.4 Å². The number of fused-ring (bicyclic) bond motifs is 1. The number of imidazole rings is 2. The van der Waals surface area contributed by atoms with Crippen LogP contribution in [-0.2, 0) is 19.1 Å². The van der Waals surface area contributed by atoms with Gasteiger partial charge in [0.1, 0.15) is 23.7 Å². The molecular weight excluding hydrogens is 761 g/mol. The lowest BCUT2D eigenvalue weighted by atomic mass is 9.98. The van der Waals surface area contributed by atoms with Gasteiger partial charge in [0, 0.05) is 18.2 Å². The summed E-state index contributed by atoms with van der Waals surface area (Å²) in [4.78, 5) is 71.5. The molecule has 1 spiro atoms. The lowest BCUT2D eigenvalue weighted by Gasteiger charge is -2.36. The maximum Gasteiger partial charge on any atom is 0.407 e. The number of aromatic nitrogens is 4. The van der Waals surface area contributed by atoms with E-state index < -0.39 is 24.3 Å². The van der Waals surface area contributed by atoms with Crippen LogP contribution in [-0.4, -0.2) is 92.6 Å². The highest BCUT2D eigenvalue weighted by atomic mass is 16.5. The van der Waals surface area contributed by atoms with Gasteiger partial charge in [-0.05, 0) is 97.4 Å². The molecule has 0 bridgehead atoms. The summed E-state index contributed by atoms with van der Waals surface area (Å²) in [6.07, 6.45) is 5.86. The molecule has 1 aliphatic carbocycles. The van der Waals surface area contributed by atoms with E-state index in [0.29, 0.717) is 18.8 Å². The largest absolute Gasteiger partial charge is 0.453 e. The standard InChI is InChI=1S/C46H56N8O6/c1-9-35(51-44(57)59-7)42(55)53-25-46(18-19-46)22-38(53)41-48-24-37(50-41)34-17-16-32-20-31(14-15-33(32)21-34)29-10-12-30(13-11-29)36-23-47-40(49-36)28(6)54(27(4)5)43(56)39(26(2)3)52-45(58)60-8/h10-17,20-21,23-24,26-28,35,38-39H,9,18-19,22,25H2,1-8H3,(H,47,49)(H,48,50)(H,51,57)(H,52,58)/t28-,35-,38-,39-/m0/s1. The lowest BCUT2D eigenvalue weighted by molar-refractivity contribution is -0.139. The van der Waals surface area contributed by atoms with Crippen molar-refractivity contribution in [3.05, 3.63) is 84.7 Å². The molecule has 316 valence electrons. The van der Waals surface area contributed by atoms with E-state index in [9.17, 15) is 19.2 Å². The molecule has 2 aromatic heterocycles. The monoisotopic (exact) mass is 816 g/mol. The van der Waals surface area contributed by atoms with Crippen molar-refractivity contribution >= 4 is 34.8 Å². The number of benzene rings is 3. The number of nitrogens with zero attached hydrogens (tertiary/aromatic N) is 4. The van der Waals surface area contributed by atoms with E-state index in [4.69, 9.17) is 14.5 Å². The van der Waals surface area contributed by atoms with Crippen LogP contribution in [0.15, 0.2) is 73.1 Å². The molecule has 1 aliphatic heterocycles. The van der Waals surface area contributed by atoms with Crippen LogP contribution in [0.3, 0.4) is 0 Å². The van der Waals surface area contributed by atoms with E-state index in [1.165, 1.54) is 14.2 Å². The maximum atomic E-state index is 13.7. The number of ether oxygens (including phenoxy) is 2. The van der Waals surface area contributed by atoms with Crippen LogP contribution < -0.4 is 10.6 Å². The molecule has 0 radical (unpaired) electrons. The molecule has 4 atom stereocenters.